The van der Waals surface area contributed by atoms with E-state index in [1.807, 2.05) is 106 Å². The lowest BCUT2D eigenvalue weighted by Crippen LogP contribution is -2.53. The minimum Gasteiger partial charge on any atom is -0.460 e. The fourth-order valence-electron chi connectivity index (χ4n) is 11.1. The molecule has 98 heavy (non-hydrogen) atoms. The molecule has 5 amide bonds. The van der Waals surface area contributed by atoms with Crippen LogP contribution in [0.4, 0.5) is 4.79 Å². The van der Waals surface area contributed by atoms with Crippen molar-refractivity contribution in [1.29, 1.82) is 0 Å². The molecule has 1 saturated carbocycles. The Bertz CT molecular complexity index is 2920. The van der Waals surface area contributed by atoms with Gasteiger partial charge in [-0.25, -0.2) is 14.4 Å². The van der Waals surface area contributed by atoms with Gasteiger partial charge in [0.05, 0.1) is 26.2 Å². The summed E-state index contributed by atoms with van der Waals surface area (Å²) < 4.78 is 33.7. The summed E-state index contributed by atoms with van der Waals surface area (Å²) in [6.07, 6.45) is 6.47. The molecule has 2 aromatic rings. The number of fused-ring (bicyclic) bond motifs is 1. The molecule has 2 fully saturated rings. The van der Waals surface area contributed by atoms with Crippen molar-refractivity contribution in [3.05, 3.63) is 42.2 Å². The Kier molecular flexibility index (Phi) is 32.3. The van der Waals surface area contributed by atoms with E-state index < -0.39 is 99.4 Å². The topological polar surface area (TPSA) is 312 Å². The van der Waals surface area contributed by atoms with E-state index in [9.17, 15) is 47.9 Å². The van der Waals surface area contributed by atoms with Crippen molar-refractivity contribution >= 4 is 70.3 Å². The fourth-order valence-corrected chi connectivity index (χ4v) is 11.1. The highest BCUT2D eigenvalue weighted by Gasteiger charge is 2.34. The molecule has 26 heteroatoms. The SMILES string of the molecule is CC(C)(C)OC(=O)CC[C@H](NC(=O)N[C@@H](CCCCNC(=O)[C@@H](Cc1ccc2cnccc2c1)NC(=O)C1CCC(CNC(=O)CN2CCN(CC(=O)OC(C)(C)C)CCN(CC(=O)OC(C)(C)C)CCN(CC(=O)OC(C)(C)C)CC2)CC1)C(=O)OC(C)(C)C)C(=O)OC(C)(C)C. The number of ether oxygens (including phenoxy) is 6. The molecule has 552 valence electrons. The third-order valence-corrected chi connectivity index (χ3v) is 15.5. The number of urea groups is 1. The summed E-state index contributed by atoms with van der Waals surface area (Å²) in [7, 11) is 0. The number of carbonyl (C=O) groups is 10. The normalized spacial score (nSPS) is 18.0. The fraction of sp³-hybridized carbons (Fsp3) is 0.736. The van der Waals surface area contributed by atoms with Gasteiger partial charge in [-0.15, -0.1) is 0 Å². The summed E-state index contributed by atoms with van der Waals surface area (Å²) in [5.41, 5.74) is -3.86. The molecular formula is C72H118N10O16. The van der Waals surface area contributed by atoms with Crippen LogP contribution in [0.15, 0.2) is 36.7 Å². The number of unbranched alkanes of at least 4 members (excludes halogenated alkanes) is 1. The summed E-state index contributed by atoms with van der Waals surface area (Å²) in [6.45, 7) is 35.4. The molecule has 2 aliphatic rings. The Balaban J connectivity index is 1.41. The average Bonchev–Trinajstić information content (AvgIpc) is 0.835. The highest BCUT2D eigenvalue weighted by atomic mass is 16.6. The second-order valence-corrected chi connectivity index (χ2v) is 31.9. The minimum absolute atomic E-state index is 0.00347. The molecular weight excluding hydrogens is 1260 g/mol. The smallest absolute Gasteiger partial charge is 0.329 e. The molecule has 3 atom stereocenters. The van der Waals surface area contributed by atoms with Gasteiger partial charge >= 0.3 is 41.8 Å². The van der Waals surface area contributed by atoms with Crippen LogP contribution in [0.2, 0.25) is 0 Å². The second-order valence-electron chi connectivity index (χ2n) is 31.9. The molecule has 0 bridgehead atoms. The molecule has 2 heterocycles. The maximum Gasteiger partial charge on any atom is 0.329 e. The van der Waals surface area contributed by atoms with E-state index in [2.05, 4.69) is 31.6 Å². The van der Waals surface area contributed by atoms with Crippen LogP contribution in [-0.2, 0) is 78.0 Å². The number of nitrogens with one attached hydrogen (secondary N) is 5. The van der Waals surface area contributed by atoms with Gasteiger partial charge in [0.2, 0.25) is 17.7 Å². The molecule has 5 N–H and O–H groups in total. The number of pyridine rings is 1. The van der Waals surface area contributed by atoms with Gasteiger partial charge in [0.1, 0.15) is 51.7 Å². The van der Waals surface area contributed by atoms with Gasteiger partial charge in [0.25, 0.3) is 0 Å². The molecule has 1 saturated heterocycles. The number of rotatable bonds is 27. The molecule has 1 aromatic carbocycles. The summed E-state index contributed by atoms with van der Waals surface area (Å²) in [5.74, 6) is -4.40. The van der Waals surface area contributed by atoms with Crippen LogP contribution >= 0.6 is 0 Å². The van der Waals surface area contributed by atoms with E-state index in [4.69, 9.17) is 28.4 Å². The van der Waals surface area contributed by atoms with Gasteiger partial charge in [-0.1, -0.05) is 18.2 Å². The van der Waals surface area contributed by atoms with E-state index in [1.54, 1.807) is 74.7 Å². The van der Waals surface area contributed by atoms with Crippen LogP contribution in [0.1, 0.15) is 188 Å². The van der Waals surface area contributed by atoms with Gasteiger partial charge in [-0.3, -0.25) is 58.1 Å². The lowest BCUT2D eigenvalue weighted by atomic mass is 9.81. The second kappa shape index (κ2) is 38.0. The van der Waals surface area contributed by atoms with Crippen molar-refractivity contribution in [2.45, 2.75) is 241 Å². The third-order valence-electron chi connectivity index (χ3n) is 15.5. The molecule has 4 rings (SSSR count). The van der Waals surface area contributed by atoms with Gasteiger partial charge < -0.3 is 55.0 Å². The van der Waals surface area contributed by atoms with E-state index in [0.717, 1.165) is 16.3 Å². The highest BCUT2D eigenvalue weighted by Crippen LogP contribution is 2.29. The van der Waals surface area contributed by atoms with Gasteiger partial charge in [0, 0.05) is 102 Å². The quantitative estimate of drug-likeness (QED) is 0.0359. The predicted octanol–water partition coefficient (Wildman–Crippen LogP) is 6.56. The maximum absolute atomic E-state index is 14.2. The summed E-state index contributed by atoms with van der Waals surface area (Å²) in [5, 5.41) is 16.3. The predicted molar refractivity (Wildman–Crippen MR) is 372 cm³/mol. The number of carbonyl (C=O) groups excluding carboxylic acids is 10. The molecule has 0 spiro atoms. The number of nitrogens with zero attached hydrogens (tertiary/aromatic N) is 5. The number of benzene rings is 1. The zero-order valence-corrected chi connectivity index (χ0v) is 62.1. The largest absolute Gasteiger partial charge is 0.460 e. The summed E-state index contributed by atoms with van der Waals surface area (Å²) in [4.78, 5) is 147. The Morgan fingerprint density at radius 3 is 1.35 bits per heavy atom. The Labute approximate surface area is 581 Å². The van der Waals surface area contributed by atoms with Crippen molar-refractivity contribution < 1.29 is 76.4 Å². The molecule has 26 nitrogen and oxygen atoms in total. The highest BCUT2D eigenvalue weighted by molar-refractivity contribution is 5.90. The number of hydrogen-bond acceptors (Lipinski definition) is 21. The lowest BCUT2D eigenvalue weighted by molar-refractivity contribution is -0.159. The van der Waals surface area contributed by atoms with Crippen molar-refractivity contribution in [2.24, 2.45) is 11.8 Å². The van der Waals surface area contributed by atoms with Crippen LogP contribution < -0.4 is 26.6 Å². The maximum atomic E-state index is 14.2. The standard InChI is InChI=1S/C72H118N10O16/c1-67(2,3)93-58(84)29-28-55(65(91)98-72(16,17)18)78-66(92)77-54(64(90)97-71(13,14)15)21-19-20-31-74-63(89)56(42-50-24-27-53-44-73-32-30-52(53)41-50)76-62(88)51-25-22-49(23-26-51)43-75-57(83)45-79-33-35-80(46-59(85)94-68(4,5)6)37-39-82(48-61(87)96-70(10,11)12)40-38-81(36-34-79)47-60(86)95-69(7,8)9/h24,27,30,32,41,44,49,51,54-56H,19-23,25-26,28-29,31,33-40,42-43,45-48H2,1-18H3,(H,74,89)(H,75,83)(H,76,88)(H2,77,78,92)/t49?,51?,54-,55-,56+/m0/s1. The van der Waals surface area contributed by atoms with E-state index in [1.165, 1.54) is 0 Å². The summed E-state index contributed by atoms with van der Waals surface area (Å²) >= 11 is 0. The molecule has 1 aliphatic heterocycles. The molecule has 0 unspecified atom stereocenters. The van der Waals surface area contributed by atoms with Crippen LogP contribution in [0.3, 0.4) is 0 Å². The van der Waals surface area contributed by atoms with Crippen molar-refractivity contribution in [3.8, 4) is 0 Å². The molecule has 1 aromatic heterocycles. The monoisotopic (exact) mass is 1380 g/mol. The van der Waals surface area contributed by atoms with Gasteiger partial charge in [0.15, 0.2) is 0 Å². The van der Waals surface area contributed by atoms with Crippen molar-refractivity contribution in [1.82, 2.24) is 51.2 Å². The van der Waals surface area contributed by atoms with E-state index in [0.29, 0.717) is 97.4 Å². The van der Waals surface area contributed by atoms with Crippen LogP contribution in [0.5, 0.6) is 0 Å². The zero-order chi connectivity index (χ0) is 73.4. The third kappa shape index (κ3) is 35.7. The summed E-state index contributed by atoms with van der Waals surface area (Å²) in [6, 6.07) is 3.42. The first kappa shape index (κ1) is 83.4. The zero-order valence-electron chi connectivity index (χ0n) is 62.1. The van der Waals surface area contributed by atoms with Crippen LogP contribution in [-0.4, -0.2) is 228 Å². The first-order valence-corrected chi connectivity index (χ1v) is 34.8. The minimum atomic E-state index is -1.26. The Morgan fingerprint density at radius 2 is 0.898 bits per heavy atom. The number of hydrogen-bond donors (Lipinski definition) is 5. The van der Waals surface area contributed by atoms with Crippen molar-refractivity contribution in [2.75, 3.05) is 91.6 Å². The van der Waals surface area contributed by atoms with E-state index in [-0.39, 0.29) is 82.1 Å². The Morgan fingerprint density at radius 1 is 0.469 bits per heavy atom. The Hall–Kier alpha value is -7.03. The number of aromatic nitrogens is 1. The van der Waals surface area contributed by atoms with E-state index >= 15 is 0 Å². The number of amides is 5. The lowest BCUT2D eigenvalue weighted by Gasteiger charge is -2.34. The molecule has 1 aliphatic carbocycles. The molecule has 0 radical (unpaired) electrons. The van der Waals surface area contributed by atoms with Crippen molar-refractivity contribution in [3.63, 3.8) is 0 Å². The van der Waals surface area contributed by atoms with Gasteiger partial charge in [-0.05, 0) is 199 Å². The first-order valence-electron chi connectivity index (χ1n) is 34.8. The average molecular weight is 1380 g/mol. The number of esters is 6. The van der Waals surface area contributed by atoms with Crippen LogP contribution in [0.25, 0.3) is 10.8 Å². The van der Waals surface area contributed by atoms with Gasteiger partial charge in [-0.2, -0.15) is 0 Å². The van der Waals surface area contributed by atoms with Crippen LogP contribution in [0, 0.1) is 11.8 Å². The first-order chi connectivity index (χ1) is 45.3.